The molecule has 104 valence electrons. The van der Waals surface area contributed by atoms with Crippen molar-refractivity contribution in [3.05, 3.63) is 47.3 Å². The van der Waals surface area contributed by atoms with Gasteiger partial charge in [0.1, 0.15) is 0 Å². The first kappa shape index (κ1) is 12.9. The lowest BCUT2D eigenvalue weighted by Crippen LogP contribution is -2.27. The molecule has 1 aliphatic carbocycles. The van der Waals surface area contributed by atoms with E-state index in [0.29, 0.717) is 12.5 Å². The molecule has 1 amide bonds. The van der Waals surface area contributed by atoms with E-state index in [2.05, 4.69) is 10.4 Å². The number of hydrogen-bond donors (Lipinski definition) is 1. The van der Waals surface area contributed by atoms with E-state index < -0.39 is 0 Å². The molecule has 0 saturated heterocycles. The van der Waals surface area contributed by atoms with Crippen molar-refractivity contribution in [2.24, 2.45) is 0 Å². The van der Waals surface area contributed by atoms with Gasteiger partial charge in [0, 0.05) is 17.3 Å². The number of carbonyl (C=O) groups is 1. The average Bonchev–Trinajstić information content (AvgIpc) is 3.21. The average molecular weight is 269 g/mol. The minimum absolute atomic E-state index is 0.103. The molecule has 0 atom stereocenters. The molecule has 4 nitrogen and oxygen atoms in total. The van der Waals surface area contributed by atoms with E-state index in [1.165, 1.54) is 0 Å². The Hall–Kier alpha value is -2.10. The number of para-hydroxylation sites is 1. The third-order valence-corrected chi connectivity index (χ3v) is 3.72. The molecule has 1 aromatic carbocycles. The molecule has 1 fully saturated rings. The Labute approximate surface area is 118 Å². The predicted molar refractivity (Wildman–Crippen MR) is 77.9 cm³/mol. The molecule has 4 heteroatoms. The number of benzene rings is 1. The van der Waals surface area contributed by atoms with Gasteiger partial charge in [-0.1, -0.05) is 18.2 Å². The minimum atomic E-state index is 0.103. The van der Waals surface area contributed by atoms with Crippen molar-refractivity contribution in [1.29, 1.82) is 0 Å². The Morgan fingerprint density at radius 3 is 2.65 bits per heavy atom. The van der Waals surface area contributed by atoms with Crippen LogP contribution in [0.3, 0.4) is 0 Å². The maximum absolute atomic E-state index is 12.0. The lowest BCUT2D eigenvalue weighted by atomic mass is 10.1. The van der Waals surface area contributed by atoms with Gasteiger partial charge in [-0.15, -0.1) is 0 Å². The van der Waals surface area contributed by atoms with Crippen LogP contribution in [0.5, 0.6) is 0 Å². The van der Waals surface area contributed by atoms with Crippen LogP contribution in [-0.2, 0) is 11.2 Å². The van der Waals surface area contributed by atoms with Gasteiger partial charge < -0.3 is 5.32 Å². The predicted octanol–water partition coefficient (Wildman–Crippen LogP) is 2.31. The van der Waals surface area contributed by atoms with Crippen molar-refractivity contribution in [2.75, 3.05) is 0 Å². The van der Waals surface area contributed by atoms with Gasteiger partial charge in [-0.25, -0.2) is 4.68 Å². The first-order chi connectivity index (χ1) is 9.65. The fraction of sp³-hybridized carbons (Fsp3) is 0.375. The molecule has 3 rings (SSSR count). The third-order valence-electron chi connectivity index (χ3n) is 3.72. The zero-order valence-corrected chi connectivity index (χ0v) is 11.9. The van der Waals surface area contributed by atoms with Crippen molar-refractivity contribution >= 4 is 5.91 Å². The van der Waals surface area contributed by atoms with Gasteiger partial charge in [-0.2, -0.15) is 5.10 Å². The Morgan fingerprint density at radius 2 is 2.00 bits per heavy atom. The largest absolute Gasteiger partial charge is 0.353 e. The van der Waals surface area contributed by atoms with Crippen LogP contribution in [0.4, 0.5) is 0 Å². The number of hydrogen-bond acceptors (Lipinski definition) is 2. The smallest absolute Gasteiger partial charge is 0.224 e. The van der Waals surface area contributed by atoms with Crippen molar-refractivity contribution in [1.82, 2.24) is 15.1 Å². The second-order valence-corrected chi connectivity index (χ2v) is 5.42. The lowest BCUT2D eigenvalue weighted by Gasteiger charge is -2.06. The van der Waals surface area contributed by atoms with E-state index >= 15 is 0 Å². The van der Waals surface area contributed by atoms with E-state index in [-0.39, 0.29) is 5.91 Å². The summed E-state index contributed by atoms with van der Waals surface area (Å²) in [5, 5.41) is 7.59. The van der Waals surface area contributed by atoms with Crippen molar-refractivity contribution in [3.8, 4) is 5.69 Å². The minimum Gasteiger partial charge on any atom is -0.353 e. The summed E-state index contributed by atoms with van der Waals surface area (Å²) in [5.74, 6) is 0.103. The lowest BCUT2D eigenvalue weighted by molar-refractivity contribution is -0.120. The fourth-order valence-corrected chi connectivity index (χ4v) is 2.42. The summed E-state index contributed by atoms with van der Waals surface area (Å²) in [5.41, 5.74) is 4.03. The summed E-state index contributed by atoms with van der Waals surface area (Å²) in [6, 6.07) is 10.4. The van der Waals surface area contributed by atoms with E-state index in [1.54, 1.807) is 0 Å². The van der Waals surface area contributed by atoms with Crippen LogP contribution in [-0.4, -0.2) is 21.7 Å². The molecule has 1 saturated carbocycles. The number of nitrogens with one attached hydrogen (secondary N) is 1. The molecule has 1 aliphatic rings. The van der Waals surface area contributed by atoms with E-state index in [4.69, 9.17) is 0 Å². The van der Waals surface area contributed by atoms with E-state index in [9.17, 15) is 4.79 Å². The molecular weight excluding hydrogens is 250 g/mol. The molecule has 2 aromatic rings. The summed E-state index contributed by atoms with van der Waals surface area (Å²) in [6.45, 7) is 3.99. The van der Waals surface area contributed by atoms with Crippen LogP contribution in [0.15, 0.2) is 30.3 Å². The third kappa shape index (κ3) is 2.59. The molecule has 1 N–H and O–H groups in total. The van der Waals surface area contributed by atoms with Gasteiger partial charge >= 0.3 is 0 Å². The zero-order valence-electron chi connectivity index (χ0n) is 11.9. The normalized spacial score (nSPS) is 14.3. The summed E-state index contributed by atoms with van der Waals surface area (Å²) in [4.78, 5) is 12.0. The number of carbonyl (C=O) groups excluding carboxylic acids is 1. The van der Waals surface area contributed by atoms with Crippen LogP contribution >= 0.6 is 0 Å². The Kier molecular flexibility index (Phi) is 3.30. The zero-order chi connectivity index (χ0) is 14.1. The quantitative estimate of drug-likeness (QED) is 0.926. The van der Waals surface area contributed by atoms with Gasteiger partial charge in [0.25, 0.3) is 0 Å². The van der Waals surface area contributed by atoms with Gasteiger partial charge in [0.15, 0.2) is 0 Å². The summed E-state index contributed by atoms with van der Waals surface area (Å²) >= 11 is 0. The van der Waals surface area contributed by atoms with E-state index in [1.807, 2.05) is 48.9 Å². The highest BCUT2D eigenvalue weighted by Gasteiger charge is 2.24. The standard InChI is InChI=1S/C16H19N3O/c1-11-15(10-16(20)17-13-8-9-13)12(2)19(18-11)14-6-4-3-5-7-14/h3-7,13H,8-10H2,1-2H3,(H,17,20). The Morgan fingerprint density at radius 1 is 1.30 bits per heavy atom. The topological polar surface area (TPSA) is 46.9 Å². The van der Waals surface area contributed by atoms with Crippen LogP contribution in [0, 0.1) is 13.8 Å². The van der Waals surface area contributed by atoms with E-state index in [0.717, 1.165) is 35.5 Å². The number of rotatable bonds is 4. The molecule has 0 bridgehead atoms. The molecule has 1 heterocycles. The molecule has 0 spiro atoms. The van der Waals surface area contributed by atoms with Gasteiger partial charge in [-0.05, 0) is 38.8 Å². The number of aromatic nitrogens is 2. The summed E-state index contributed by atoms with van der Waals surface area (Å²) in [7, 11) is 0. The van der Waals surface area contributed by atoms with Gasteiger partial charge in [0.05, 0.1) is 17.8 Å². The van der Waals surface area contributed by atoms with Crippen LogP contribution in [0.1, 0.15) is 29.8 Å². The SMILES string of the molecule is Cc1nn(-c2ccccc2)c(C)c1CC(=O)NC1CC1. The number of nitrogens with zero attached hydrogens (tertiary/aromatic N) is 2. The molecule has 1 aromatic heterocycles. The second-order valence-electron chi connectivity index (χ2n) is 5.42. The highest BCUT2D eigenvalue weighted by atomic mass is 16.1. The van der Waals surface area contributed by atoms with Crippen LogP contribution in [0.25, 0.3) is 5.69 Å². The Balaban J connectivity index is 1.84. The molecular formula is C16H19N3O. The monoisotopic (exact) mass is 269 g/mol. The molecule has 0 aliphatic heterocycles. The maximum atomic E-state index is 12.0. The second kappa shape index (κ2) is 5.12. The highest BCUT2D eigenvalue weighted by molar-refractivity contribution is 5.79. The summed E-state index contributed by atoms with van der Waals surface area (Å²) < 4.78 is 1.91. The number of amides is 1. The highest BCUT2D eigenvalue weighted by Crippen LogP contribution is 2.21. The fourth-order valence-electron chi connectivity index (χ4n) is 2.42. The van der Waals surface area contributed by atoms with Crippen LogP contribution < -0.4 is 5.32 Å². The van der Waals surface area contributed by atoms with Crippen molar-refractivity contribution in [3.63, 3.8) is 0 Å². The molecule has 20 heavy (non-hydrogen) atoms. The Bertz CT molecular complexity index is 627. The van der Waals surface area contributed by atoms with Gasteiger partial charge in [0.2, 0.25) is 5.91 Å². The first-order valence-corrected chi connectivity index (χ1v) is 7.05. The molecule has 0 radical (unpaired) electrons. The van der Waals surface area contributed by atoms with Crippen molar-refractivity contribution in [2.45, 2.75) is 39.2 Å². The first-order valence-electron chi connectivity index (χ1n) is 7.05. The maximum Gasteiger partial charge on any atom is 0.224 e. The van der Waals surface area contributed by atoms with Crippen molar-refractivity contribution < 1.29 is 4.79 Å². The van der Waals surface area contributed by atoms with Gasteiger partial charge in [-0.3, -0.25) is 4.79 Å². The number of aryl methyl sites for hydroxylation is 1. The molecule has 0 unspecified atom stereocenters. The van der Waals surface area contributed by atoms with Crippen LogP contribution in [0.2, 0.25) is 0 Å². The summed E-state index contributed by atoms with van der Waals surface area (Å²) in [6.07, 6.45) is 2.65.